The minimum absolute atomic E-state index is 0.623. The molecule has 21 heavy (non-hydrogen) atoms. The van der Waals surface area contributed by atoms with Crippen LogP contribution in [-0.2, 0) is 7.05 Å². The second kappa shape index (κ2) is 4.88. The molecule has 0 amide bonds. The average Bonchev–Trinajstić information content (AvgIpc) is 2.89. The Balaban J connectivity index is 1.79. The number of nitrogens with one attached hydrogen (secondary N) is 1. The van der Waals surface area contributed by atoms with Crippen LogP contribution in [0.4, 0.5) is 5.69 Å². The van der Waals surface area contributed by atoms with Gasteiger partial charge in [-0.3, -0.25) is 9.67 Å². The molecule has 0 saturated heterocycles. The number of hydrogen-bond donors (Lipinski definition) is 1. The molecular formula is C17H18N4. The van der Waals surface area contributed by atoms with Crippen molar-refractivity contribution < 1.29 is 0 Å². The maximum absolute atomic E-state index is 4.60. The molecule has 1 N–H and O–H groups in total. The van der Waals surface area contributed by atoms with Gasteiger partial charge >= 0.3 is 0 Å². The summed E-state index contributed by atoms with van der Waals surface area (Å²) in [6, 6.07) is 9.11. The molecule has 1 fully saturated rings. The number of rotatable bonds is 3. The fourth-order valence-corrected chi connectivity index (χ4v) is 2.78. The zero-order chi connectivity index (χ0) is 14.2. The van der Waals surface area contributed by atoms with E-state index in [1.807, 2.05) is 30.3 Å². The molecule has 4 heteroatoms. The Kier molecular flexibility index (Phi) is 2.88. The van der Waals surface area contributed by atoms with E-state index in [2.05, 4.69) is 39.7 Å². The van der Waals surface area contributed by atoms with Crippen molar-refractivity contribution in [3.8, 4) is 11.1 Å². The Labute approximate surface area is 123 Å². The lowest BCUT2D eigenvalue weighted by Gasteiger charge is -2.28. The summed E-state index contributed by atoms with van der Waals surface area (Å²) in [4.78, 5) is 4.60. The molecule has 4 rings (SSSR count). The minimum atomic E-state index is 0.623. The molecular weight excluding hydrogens is 260 g/mol. The molecule has 0 unspecified atom stereocenters. The lowest BCUT2D eigenvalue weighted by Crippen LogP contribution is -2.27. The highest BCUT2D eigenvalue weighted by molar-refractivity contribution is 5.94. The zero-order valence-electron chi connectivity index (χ0n) is 12.1. The van der Waals surface area contributed by atoms with Crippen LogP contribution in [0, 0.1) is 0 Å². The van der Waals surface area contributed by atoms with Crippen molar-refractivity contribution >= 4 is 16.6 Å². The van der Waals surface area contributed by atoms with Gasteiger partial charge in [0.1, 0.15) is 0 Å². The molecule has 0 spiro atoms. The third kappa shape index (κ3) is 2.27. The maximum Gasteiger partial charge on any atom is 0.0723 e. The van der Waals surface area contributed by atoms with E-state index in [0.29, 0.717) is 6.04 Å². The highest BCUT2D eigenvalue weighted by Crippen LogP contribution is 2.30. The zero-order valence-corrected chi connectivity index (χ0v) is 12.1. The number of nitrogens with zero attached hydrogens (tertiary/aromatic N) is 3. The van der Waals surface area contributed by atoms with Crippen molar-refractivity contribution in [3.05, 3.63) is 42.9 Å². The number of benzene rings is 1. The number of aromatic nitrogens is 3. The van der Waals surface area contributed by atoms with Gasteiger partial charge in [0, 0.05) is 47.7 Å². The first-order valence-corrected chi connectivity index (χ1v) is 7.44. The third-order valence-corrected chi connectivity index (χ3v) is 4.23. The van der Waals surface area contributed by atoms with Gasteiger partial charge in [0.05, 0.1) is 11.7 Å². The fraction of sp³-hybridized carbons (Fsp3) is 0.294. The molecule has 0 bridgehead atoms. The predicted molar refractivity (Wildman–Crippen MR) is 85.2 cm³/mol. The second-order valence-electron chi connectivity index (χ2n) is 5.77. The van der Waals surface area contributed by atoms with Gasteiger partial charge in [0.25, 0.3) is 0 Å². The van der Waals surface area contributed by atoms with Crippen molar-refractivity contribution in [2.24, 2.45) is 7.05 Å². The topological polar surface area (TPSA) is 42.7 Å². The lowest BCUT2D eigenvalue weighted by molar-refractivity contribution is 0.446. The van der Waals surface area contributed by atoms with E-state index in [-0.39, 0.29) is 0 Å². The molecule has 0 atom stereocenters. The predicted octanol–water partition coefficient (Wildman–Crippen LogP) is 3.60. The van der Waals surface area contributed by atoms with E-state index in [1.165, 1.54) is 30.3 Å². The van der Waals surface area contributed by atoms with E-state index >= 15 is 0 Å². The molecule has 1 aliphatic carbocycles. The molecule has 0 radical (unpaired) electrons. The van der Waals surface area contributed by atoms with Crippen molar-refractivity contribution in [1.29, 1.82) is 0 Å². The van der Waals surface area contributed by atoms with Crippen LogP contribution in [-0.4, -0.2) is 20.8 Å². The first-order valence-electron chi connectivity index (χ1n) is 7.44. The number of anilines is 1. The summed E-state index contributed by atoms with van der Waals surface area (Å²) >= 11 is 0. The molecule has 3 aromatic rings. The standard InChI is InChI=1S/C17H18N4/c1-21-11-13(10-19-21)12-8-15-16(18-9-12)6-3-7-17(15)20-14-4-2-5-14/h3,6-11,14,20H,2,4-5H2,1H3. The molecule has 0 aliphatic heterocycles. The summed E-state index contributed by atoms with van der Waals surface area (Å²) in [5, 5.41) is 9.07. The van der Waals surface area contributed by atoms with Crippen LogP contribution in [0.3, 0.4) is 0 Å². The van der Waals surface area contributed by atoms with Gasteiger partial charge in [0.2, 0.25) is 0 Å². The van der Waals surface area contributed by atoms with Gasteiger partial charge in [-0.2, -0.15) is 5.10 Å². The quantitative estimate of drug-likeness (QED) is 0.796. The van der Waals surface area contributed by atoms with Gasteiger partial charge in [-0.05, 0) is 37.5 Å². The average molecular weight is 278 g/mol. The maximum atomic E-state index is 4.60. The van der Waals surface area contributed by atoms with E-state index in [9.17, 15) is 0 Å². The summed E-state index contributed by atoms with van der Waals surface area (Å²) in [6.07, 6.45) is 9.70. The summed E-state index contributed by atoms with van der Waals surface area (Å²) < 4.78 is 1.82. The van der Waals surface area contributed by atoms with Crippen molar-refractivity contribution in [2.45, 2.75) is 25.3 Å². The summed E-state index contributed by atoms with van der Waals surface area (Å²) in [5.74, 6) is 0. The molecule has 1 aromatic carbocycles. The second-order valence-corrected chi connectivity index (χ2v) is 5.77. The smallest absolute Gasteiger partial charge is 0.0723 e. The molecule has 1 aliphatic rings. The first-order chi connectivity index (χ1) is 10.3. The Morgan fingerprint density at radius 1 is 1.19 bits per heavy atom. The molecule has 2 aromatic heterocycles. The van der Waals surface area contributed by atoms with Crippen LogP contribution in [0.2, 0.25) is 0 Å². The van der Waals surface area contributed by atoms with Crippen LogP contribution >= 0.6 is 0 Å². The van der Waals surface area contributed by atoms with Gasteiger partial charge in [-0.1, -0.05) is 6.07 Å². The lowest BCUT2D eigenvalue weighted by atomic mass is 9.92. The highest BCUT2D eigenvalue weighted by atomic mass is 15.2. The van der Waals surface area contributed by atoms with E-state index < -0.39 is 0 Å². The van der Waals surface area contributed by atoms with Crippen LogP contribution < -0.4 is 5.32 Å². The Morgan fingerprint density at radius 3 is 2.81 bits per heavy atom. The molecule has 4 nitrogen and oxygen atoms in total. The van der Waals surface area contributed by atoms with E-state index in [1.54, 1.807) is 0 Å². The minimum Gasteiger partial charge on any atom is -0.382 e. The SMILES string of the molecule is Cn1cc(-c2cnc3cccc(NC4CCC4)c3c2)cn1. The largest absolute Gasteiger partial charge is 0.382 e. The first kappa shape index (κ1) is 12.4. The van der Waals surface area contributed by atoms with Gasteiger partial charge < -0.3 is 5.32 Å². The van der Waals surface area contributed by atoms with E-state index in [4.69, 9.17) is 0 Å². The number of fused-ring (bicyclic) bond motifs is 1. The van der Waals surface area contributed by atoms with Crippen molar-refractivity contribution in [1.82, 2.24) is 14.8 Å². The van der Waals surface area contributed by atoms with Gasteiger partial charge in [0.15, 0.2) is 0 Å². The Morgan fingerprint density at radius 2 is 2.10 bits per heavy atom. The monoisotopic (exact) mass is 278 g/mol. The van der Waals surface area contributed by atoms with Gasteiger partial charge in [-0.25, -0.2) is 0 Å². The van der Waals surface area contributed by atoms with Crippen LogP contribution in [0.25, 0.3) is 22.0 Å². The number of hydrogen-bond acceptors (Lipinski definition) is 3. The van der Waals surface area contributed by atoms with Gasteiger partial charge in [-0.15, -0.1) is 0 Å². The van der Waals surface area contributed by atoms with Crippen molar-refractivity contribution in [2.75, 3.05) is 5.32 Å². The number of pyridine rings is 1. The van der Waals surface area contributed by atoms with Crippen LogP contribution in [0.15, 0.2) is 42.9 Å². The van der Waals surface area contributed by atoms with Crippen molar-refractivity contribution in [3.63, 3.8) is 0 Å². The summed E-state index contributed by atoms with van der Waals surface area (Å²) in [6.45, 7) is 0. The Hall–Kier alpha value is -2.36. The third-order valence-electron chi connectivity index (χ3n) is 4.23. The highest BCUT2D eigenvalue weighted by Gasteiger charge is 2.17. The summed E-state index contributed by atoms with van der Waals surface area (Å²) in [7, 11) is 1.93. The van der Waals surface area contributed by atoms with Crippen LogP contribution in [0.1, 0.15) is 19.3 Å². The van der Waals surface area contributed by atoms with Crippen LogP contribution in [0.5, 0.6) is 0 Å². The molecule has 2 heterocycles. The number of aryl methyl sites for hydroxylation is 1. The normalized spacial score (nSPS) is 15.1. The Bertz CT molecular complexity index is 786. The van der Waals surface area contributed by atoms with E-state index in [0.717, 1.165) is 16.6 Å². The molecule has 106 valence electrons. The summed E-state index contributed by atoms with van der Waals surface area (Å²) in [5.41, 5.74) is 4.44. The molecule has 1 saturated carbocycles. The fourth-order valence-electron chi connectivity index (χ4n) is 2.78.